The van der Waals surface area contributed by atoms with Crippen LogP contribution in [-0.4, -0.2) is 27.6 Å². The molecule has 104 valence electrons. The molecule has 0 saturated heterocycles. The van der Waals surface area contributed by atoms with Crippen LogP contribution < -0.4 is 10.9 Å². The molecule has 0 aliphatic heterocycles. The van der Waals surface area contributed by atoms with Crippen molar-refractivity contribution in [2.45, 2.75) is 38.8 Å². The Kier molecular flexibility index (Phi) is 5.78. The highest BCUT2D eigenvalue weighted by molar-refractivity contribution is 5.83. The van der Waals surface area contributed by atoms with Crippen molar-refractivity contribution < 1.29 is 14.7 Å². The molecule has 1 aromatic rings. The molecular formula is C13H18N2O4. The van der Waals surface area contributed by atoms with Crippen molar-refractivity contribution in [2.24, 2.45) is 0 Å². The van der Waals surface area contributed by atoms with E-state index in [1.807, 2.05) is 0 Å². The fourth-order valence-electron chi connectivity index (χ4n) is 1.66. The lowest BCUT2D eigenvalue weighted by atomic mass is 10.2. The summed E-state index contributed by atoms with van der Waals surface area (Å²) in [4.78, 5) is 33.7. The van der Waals surface area contributed by atoms with Gasteiger partial charge in [0.1, 0.15) is 6.04 Å². The molecule has 1 aromatic heterocycles. The Morgan fingerprint density at radius 2 is 2.16 bits per heavy atom. The van der Waals surface area contributed by atoms with Crippen LogP contribution in [0.1, 0.15) is 26.2 Å². The largest absolute Gasteiger partial charge is 0.480 e. The molecule has 1 amide bonds. The maximum absolute atomic E-state index is 11.5. The van der Waals surface area contributed by atoms with Gasteiger partial charge in [0.15, 0.2) is 0 Å². The summed E-state index contributed by atoms with van der Waals surface area (Å²) >= 11 is 0. The standard InChI is InChI=1S/C13H18N2O4/c1-2-10(13(18)19)14-11(16)6-5-9-15-8-4-3-7-12(15)17/h3-4,7-8,10H,2,5-6,9H2,1H3,(H,14,16)(H,18,19). The highest BCUT2D eigenvalue weighted by atomic mass is 16.4. The zero-order valence-corrected chi connectivity index (χ0v) is 10.8. The number of carbonyl (C=O) groups is 2. The Morgan fingerprint density at radius 1 is 1.42 bits per heavy atom. The topological polar surface area (TPSA) is 88.4 Å². The van der Waals surface area contributed by atoms with E-state index in [9.17, 15) is 14.4 Å². The van der Waals surface area contributed by atoms with Crippen LogP contribution >= 0.6 is 0 Å². The number of aliphatic carboxylic acids is 1. The first kappa shape index (κ1) is 14.9. The van der Waals surface area contributed by atoms with Gasteiger partial charge in [0.2, 0.25) is 11.5 Å². The number of pyridine rings is 1. The van der Waals surface area contributed by atoms with Gasteiger partial charge < -0.3 is 15.0 Å². The minimum absolute atomic E-state index is 0.111. The first-order chi connectivity index (χ1) is 9.04. The molecule has 2 N–H and O–H groups in total. The molecule has 0 aromatic carbocycles. The minimum Gasteiger partial charge on any atom is -0.480 e. The predicted molar refractivity (Wildman–Crippen MR) is 69.8 cm³/mol. The van der Waals surface area contributed by atoms with Crippen molar-refractivity contribution in [1.82, 2.24) is 9.88 Å². The van der Waals surface area contributed by atoms with Crippen molar-refractivity contribution in [1.29, 1.82) is 0 Å². The SMILES string of the molecule is CCC(NC(=O)CCCn1ccccc1=O)C(=O)O. The van der Waals surface area contributed by atoms with E-state index in [-0.39, 0.29) is 17.9 Å². The second-order valence-electron chi connectivity index (χ2n) is 4.20. The number of aryl methyl sites for hydroxylation is 1. The number of nitrogens with one attached hydrogen (secondary N) is 1. The van der Waals surface area contributed by atoms with E-state index in [1.54, 1.807) is 25.3 Å². The minimum atomic E-state index is -1.03. The molecule has 1 unspecified atom stereocenters. The summed E-state index contributed by atoms with van der Waals surface area (Å²) < 4.78 is 1.52. The monoisotopic (exact) mass is 266 g/mol. The van der Waals surface area contributed by atoms with Crippen molar-refractivity contribution in [2.75, 3.05) is 0 Å². The van der Waals surface area contributed by atoms with Crippen LogP contribution in [0.2, 0.25) is 0 Å². The summed E-state index contributed by atoms with van der Waals surface area (Å²) in [5.41, 5.74) is -0.111. The van der Waals surface area contributed by atoms with Crippen LogP contribution in [0.15, 0.2) is 29.2 Å². The lowest BCUT2D eigenvalue weighted by Gasteiger charge is -2.12. The van der Waals surface area contributed by atoms with Crippen molar-refractivity contribution in [3.63, 3.8) is 0 Å². The van der Waals surface area contributed by atoms with Gasteiger partial charge in [-0.05, 0) is 18.9 Å². The smallest absolute Gasteiger partial charge is 0.326 e. The molecule has 6 nitrogen and oxygen atoms in total. The Morgan fingerprint density at radius 3 is 2.74 bits per heavy atom. The van der Waals surface area contributed by atoms with Gasteiger partial charge in [0, 0.05) is 25.2 Å². The normalized spacial score (nSPS) is 11.8. The number of nitrogens with zero attached hydrogens (tertiary/aromatic N) is 1. The van der Waals surface area contributed by atoms with E-state index in [1.165, 1.54) is 10.6 Å². The van der Waals surface area contributed by atoms with Gasteiger partial charge in [-0.3, -0.25) is 9.59 Å². The number of carbonyl (C=O) groups excluding carboxylic acids is 1. The number of carboxylic acid groups (broad SMARTS) is 1. The third kappa shape index (κ3) is 4.95. The number of rotatable bonds is 7. The molecule has 0 bridgehead atoms. The lowest BCUT2D eigenvalue weighted by Crippen LogP contribution is -2.40. The zero-order chi connectivity index (χ0) is 14.3. The van der Waals surface area contributed by atoms with Crippen molar-refractivity contribution in [3.05, 3.63) is 34.7 Å². The van der Waals surface area contributed by atoms with E-state index < -0.39 is 12.0 Å². The van der Waals surface area contributed by atoms with Gasteiger partial charge >= 0.3 is 5.97 Å². The molecule has 0 spiro atoms. The Bertz CT molecular complexity index is 495. The van der Waals surface area contributed by atoms with Gasteiger partial charge in [-0.2, -0.15) is 0 Å². The van der Waals surface area contributed by atoms with Gasteiger partial charge in [-0.15, -0.1) is 0 Å². The third-order valence-corrected chi connectivity index (χ3v) is 2.74. The number of carboxylic acids is 1. The first-order valence-electron chi connectivity index (χ1n) is 6.22. The summed E-state index contributed by atoms with van der Waals surface area (Å²) in [6, 6.07) is 4.02. The fourth-order valence-corrected chi connectivity index (χ4v) is 1.66. The Hall–Kier alpha value is -2.11. The van der Waals surface area contributed by atoms with Crippen LogP contribution in [-0.2, 0) is 16.1 Å². The van der Waals surface area contributed by atoms with Gasteiger partial charge in [0.05, 0.1) is 0 Å². The van der Waals surface area contributed by atoms with Gasteiger partial charge in [-0.1, -0.05) is 13.0 Å². The van der Waals surface area contributed by atoms with Crippen LogP contribution in [0.4, 0.5) is 0 Å². The van der Waals surface area contributed by atoms with Crippen molar-refractivity contribution in [3.8, 4) is 0 Å². The van der Waals surface area contributed by atoms with Crippen LogP contribution in [0.3, 0.4) is 0 Å². The number of hydrogen-bond donors (Lipinski definition) is 2. The highest BCUT2D eigenvalue weighted by Crippen LogP contribution is 1.97. The van der Waals surface area contributed by atoms with E-state index >= 15 is 0 Å². The third-order valence-electron chi connectivity index (χ3n) is 2.74. The summed E-state index contributed by atoms with van der Waals surface area (Å²) in [6.07, 6.45) is 2.70. The summed E-state index contributed by atoms with van der Waals surface area (Å²) in [6.45, 7) is 2.14. The maximum atomic E-state index is 11.5. The van der Waals surface area contributed by atoms with E-state index in [0.717, 1.165) is 0 Å². The summed E-state index contributed by atoms with van der Waals surface area (Å²) in [5, 5.41) is 11.2. The number of amides is 1. The predicted octanol–water partition coefficient (Wildman–Crippen LogP) is 0.608. The van der Waals surface area contributed by atoms with Crippen LogP contribution in [0, 0.1) is 0 Å². The lowest BCUT2D eigenvalue weighted by molar-refractivity contribution is -0.141. The highest BCUT2D eigenvalue weighted by Gasteiger charge is 2.16. The van der Waals surface area contributed by atoms with E-state index in [0.29, 0.717) is 19.4 Å². The molecule has 0 saturated carbocycles. The quantitative estimate of drug-likeness (QED) is 0.756. The molecule has 0 aliphatic carbocycles. The van der Waals surface area contributed by atoms with E-state index in [2.05, 4.69) is 5.32 Å². The maximum Gasteiger partial charge on any atom is 0.326 e. The van der Waals surface area contributed by atoms with Crippen LogP contribution in [0.5, 0.6) is 0 Å². The molecule has 1 rings (SSSR count). The summed E-state index contributed by atoms with van der Waals surface area (Å²) in [5.74, 6) is -1.34. The molecule has 19 heavy (non-hydrogen) atoms. The van der Waals surface area contributed by atoms with Crippen LogP contribution in [0.25, 0.3) is 0 Å². The number of hydrogen-bond acceptors (Lipinski definition) is 3. The molecule has 0 aliphatic rings. The average Bonchev–Trinajstić information content (AvgIpc) is 2.38. The van der Waals surface area contributed by atoms with Gasteiger partial charge in [-0.25, -0.2) is 4.79 Å². The summed E-state index contributed by atoms with van der Waals surface area (Å²) in [7, 11) is 0. The molecular weight excluding hydrogens is 248 g/mol. The zero-order valence-electron chi connectivity index (χ0n) is 10.8. The fraction of sp³-hybridized carbons (Fsp3) is 0.462. The molecule has 6 heteroatoms. The second kappa shape index (κ2) is 7.35. The molecule has 0 radical (unpaired) electrons. The number of aromatic nitrogens is 1. The molecule has 0 fully saturated rings. The Balaban J connectivity index is 2.37. The first-order valence-corrected chi connectivity index (χ1v) is 6.22. The van der Waals surface area contributed by atoms with Gasteiger partial charge in [0.25, 0.3) is 0 Å². The average molecular weight is 266 g/mol. The Labute approximate surface area is 111 Å². The van der Waals surface area contributed by atoms with Crippen molar-refractivity contribution >= 4 is 11.9 Å². The van der Waals surface area contributed by atoms with E-state index in [4.69, 9.17) is 5.11 Å². The molecule has 1 atom stereocenters. The molecule has 1 heterocycles. The second-order valence-corrected chi connectivity index (χ2v) is 4.20.